The van der Waals surface area contributed by atoms with E-state index in [0.717, 1.165) is 32.8 Å². The van der Waals surface area contributed by atoms with Gasteiger partial charge in [-0.05, 0) is 61.4 Å². The highest BCUT2D eigenvalue weighted by molar-refractivity contribution is 7.19. The van der Waals surface area contributed by atoms with Crippen LogP contribution in [0.5, 0.6) is 5.75 Å². The standard InChI is InChI=1S/C21H21N5O2S/c1-13(2)12-28-18-10-6-15(7-11-18)19(27)22-17-8-4-16(5-9-17)20-25-26-14(3)23-24-21(26)29-20/h4-11,13H,12H2,1-3H3,(H,22,27). The second kappa shape index (κ2) is 8.00. The molecular formula is C21H21N5O2S. The Bertz CT molecular complexity index is 1130. The number of aryl methyl sites for hydroxylation is 1. The van der Waals surface area contributed by atoms with Crippen molar-refractivity contribution in [2.75, 3.05) is 11.9 Å². The molecule has 1 N–H and O–H groups in total. The van der Waals surface area contributed by atoms with Gasteiger partial charge in [-0.25, -0.2) is 0 Å². The number of carbonyl (C=O) groups is 1. The minimum atomic E-state index is -0.164. The molecule has 0 saturated carbocycles. The van der Waals surface area contributed by atoms with Gasteiger partial charge in [0.25, 0.3) is 5.91 Å². The first-order valence-electron chi connectivity index (χ1n) is 9.33. The zero-order valence-electron chi connectivity index (χ0n) is 16.4. The zero-order chi connectivity index (χ0) is 20.4. The van der Waals surface area contributed by atoms with E-state index in [1.54, 1.807) is 16.6 Å². The van der Waals surface area contributed by atoms with Crippen molar-refractivity contribution in [1.29, 1.82) is 0 Å². The summed E-state index contributed by atoms with van der Waals surface area (Å²) in [6.45, 7) is 6.71. The molecule has 0 aliphatic rings. The lowest BCUT2D eigenvalue weighted by atomic mass is 10.2. The van der Waals surface area contributed by atoms with Crippen LogP contribution >= 0.6 is 11.3 Å². The van der Waals surface area contributed by atoms with E-state index in [9.17, 15) is 4.79 Å². The van der Waals surface area contributed by atoms with Gasteiger partial charge in [0.2, 0.25) is 4.96 Å². The molecule has 0 aliphatic heterocycles. The summed E-state index contributed by atoms with van der Waals surface area (Å²) >= 11 is 1.47. The van der Waals surface area contributed by atoms with Crippen molar-refractivity contribution in [2.45, 2.75) is 20.8 Å². The lowest BCUT2D eigenvalue weighted by Crippen LogP contribution is -2.11. The van der Waals surface area contributed by atoms with E-state index in [2.05, 4.69) is 34.5 Å². The Hall–Kier alpha value is -3.26. The highest BCUT2D eigenvalue weighted by atomic mass is 32.1. The fourth-order valence-corrected chi connectivity index (χ4v) is 3.59. The third-order valence-corrected chi connectivity index (χ3v) is 5.18. The van der Waals surface area contributed by atoms with Crippen molar-refractivity contribution in [2.24, 2.45) is 5.92 Å². The molecule has 0 aliphatic carbocycles. The van der Waals surface area contributed by atoms with Gasteiger partial charge in [0, 0.05) is 16.8 Å². The number of hydrogen-bond acceptors (Lipinski definition) is 6. The van der Waals surface area contributed by atoms with Crippen molar-refractivity contribution in [3.8, 4) is 16.3 Å². The number of ether oxygens (including phenoxy) is 1. The summed E-state index contributed by atoms with van der Waals surface area (Å²) in [5.41, 5.74) is 2.26. The number of anilines is 1. The molecule has 0 fully saturated rings. The molecule has 0 radical (unpaired) electrons. The Morgan fingerprint density at radius 3 is 2.48 bits per heavy atom. The van der Waals surface area contributed by atoms with Crippen LogP contribution in [0.4, 0.5) is 5.69 Å². The molecule has 0 spiro atoms. The molecule has 2 aromatic heterocycles. The first-order valence-corrected chi connectivity index (χ1v) is 10.1. The number of rotatable bonds is 6. The monoisotopic (exact) mass is 407 g/mol. The first-order chi connectivity index (χ1) is 14.0. The van der Waals surface area contributed by atoms with Crippen LogP contribution in [0.25, 0.3) is 15.5 Å². The minimum Gasteiger partial charge on any atom is -0.493 e. The van der Waals surface area contributed by atoms with Gasteiger partial charge in [-0.3, -0.25) is 4.79 Å². The molecule has 2 aromatic carbocycles. The van der Waals surface area contributed by atoms with Crippen LogP contribution < -0.4 is 10.1 Å². The van der Waals surface area contributed by atoms with E-state index < -0.39 is 0 Å². The van der Waals surface area contributed by atoms with Crippen molar-refractivity contribution in [3.63, 3.8) is 0 Å². The SMILES string of the molecule is Cc1nnc2sc(-c3ccc(NC(=O)c4ccc(OCC(C)C)cc4)cc3)nn12. The molecule has 2 heterocycles. The number of aromatic nitrogens is 4. The summed E-state index contributed by atoms with van der Waals surface area (Å²) in [7, 11) is 0. The van der Waals surface area contributed by atoms with Gasteiger partial charge < -0.3 is 10.1 Å². The molecule has 4 rings (SSSR count). The molecule has 29 heavy (non-hydrogen) atoms. The van der Waals surface area contributed by atoms with E-state index in [1.165, 1.54) is 11.3 Å². The maximum atomic E-state index is 12.5. The smallest absolute Gasteiger partial charge is 0.255 e. The van der Waals surface area contributed by atoms with E-state index in [4.69, 9.17) is 4.74 Å². The van der Waals surface area contributed by atoms with E-state index in [1.807, 2.05) is 43.3 Å². The van der Waals surface area contributed by atoms with Crippen LogP contribution in [0.2, 0.25) is 0 Å². The molecule has 0 atom stereocenters. The summed E-state index contributed by atoms with van der Waals surface area (Å²) in [6, 6.07) is 14.7. The molecule has 148 valence electrons. The maximum absolute atomic E-state index is 12.5. The van der Waals surface area contributed by atoms with Gasteiger partial charge in [0.15, 0.2) is 5.82 Å². The summed E-state index contributed by atoms with van der Waals surface area (Å²) < 4.78 is 7.38. The molecule has 0 unspecified atom stereocenters. The van der Waals surface area contributed by atoms with Gasteiger partial charge in [-0.1, -0.05) is 25.2 Å². The second-order valence-corrected chi connectivity index (χ2v) is 8.07. The fraction of sp³-hybridized carbons (Fsp3) is 0.238. The van der Waals surface area contributed by atoms with Gasteiger partial charge in [-0.15, -0.1) is 10.2 Å². The van der Waals surface area contributed by atoms with Crippen molar-refractivity contribution in [3.05, 3.63) is 59.9 Å². The maximum Gasteiger partial charge on any atom is 0.255 e. The third kappa shape index (κ3) is 4.27. The molecule has 1 amide bonds. The molecule has 7 nitrogen and oxygen atoms in total. The topological polar surface area (TPSA) is 81.4 Å². The van der Waals surface area contributed by atoms with Crippen LogP contribution in [-0.4, -0.2) is 32.3 Å². The Kier molecular flexibility index (Phi) is 5.26. The highest BCUT2D eigenvalue weighted by Crippen LogP contribution is 2.26. The van der Waals surface area contributed by atoms with Crippen LogP contribution in [-0.2, 0) is 0 Å². The number of benzene rings is 2. The quantitative estimate of drug-likeness (QED) is 0.511. The Labute approximate surface area is 172 Å². The molecule has 0 saturated heterocycles. The lowest BCUT2D eigenvalue weighted by Gasteiger charge is -2.09. The first kappa shape index (κ1) is 19.1. The molecule has 8 heteroatoms. The van der Waals surface area contributed by atoms with Crippen LogP contribution in [0.15, 0.2) is 48.5 Å². The van der Waals surface area contributed by atoms with Gasteiger partial charge in [-0.2, -0.15) is 9.61 Å². The largest absolute Gasteiger partial charge is 0.493 e. The minimum absolute atomic E-state index is 0.164. The zero-order valence-corrected chi connectivity index (χ0v) is 17.2. The summed E-state index contributed by atoms with van der Waals surface area (Å²) in [5.74, 6) is 1.81. The van der Waals surface area contributed by atoms with Crippen molar-refractivity contribution in [1.82, 2.24) is 19.8 Å². The van der Waals surface area contributed by atoms with Gasteiger partial charge in [0.1, 0.15) is 10.8 Å². The summed E-state index contributed by atoms with van der Waals surface area (Å²) in [5, 5.41) is 16.4. The highest BCUT2D eigenvalue weighted by Gasteiger charge is 2.11. The van der Waals surface area contributed by atoms with Crippen LogP contribution in [0.3, 0.4) is 0 Å². The number of hydrogen-bond donors (Lipinski definition) is 1. The number of nitrogens with zero attached hydrogens (tertiary/aromatic N) is 4. The van der Waals surface area contributed by atoms with Crippen molar-refractivity contribution >= 4 is 27.9 Å². The van der Waals surface area contributed by atoms with E-state index >= 15 is 0 Å². The van der Waals surface area contributed by atoms with Crippen LogP contribution in [0.1, 0.15) is 30.0 Å². The third-order valence-electron chi connectivity index (χ3n) is 4.24. The van der Waals surface area contributed by atoms with Gasteiger partial charge >= 0.3 is 0 Å². The lowest BCUT2D eigenvalue weighted by molar-refractivity contribution is 0.102. The van der Waals surface area contributed by atoms with Crippen LogP contribution in [0, 0.1) is 12.8 Å². The summed E-state index contributed by atoms with van der Waals surface area (Å²) in [6.07, 6.45) is 0. The Morgan fingerprint density at radius 1 is 1.10 bits per heavy atom. The Morgan fingerprint density at radius 2 is 1.83 bits per heavy atom. The average molecular weight is 407 g/mol. The number of fused-ring (bicyclic) bond motifs is 1. The molecule has 4 aromatic rings. The number of amides is 1. The van der Waals surface area contributed by atoms with E-state index in [-0.39, 0.29) is 5.91 Å². The predicted octanol–water partition coefficient (Wildman–Crippen LogP) is 4.45. The predicted molar refractivity (Wildman–Crippen MR) is 114 cm³/mol. The Balaban J connectivity index is 1.42. The number of carbonyl (C=O) groups excluding carboxylic acids is 1. The second-order valence-electron chi connectivity index (χ2n) is 7.11. The van der Waals surface area contributed by atoms with Gasteiger partial charge in [0.05, 0.1) is 6.61 Å². The normalized spacial score (nSPS) is 11.2. The van der Waals surface area contributed by atoms with E-state index in [0.29, 0.717) is 18.1 Å². The average Bonchev–Trinajstić information content (AvgIpc) is 3.29. The summed E-state index contributed by atoms with van der Waals surface area (Å²) in [4.78, 5) is 13.2. The molecular weight excluding hydrogens is 386 g/mol. The fourth-order valence-electron chi connectivity index (χ4n) is 2.70. The molecule has 0 bridgehead atoms. The number of nitrogens with one attached hydrogen (secondary N) is 1. The van der Waals surface area contributed by atoms with Crippen molar-refractivity contribution < 1.29 is 9.53 Å².